The van der Waals surface area contributed by atoms with Crippen LogP contribution in [0.4, 0.5) is 0 Å². The summed E-state index contributed by atoms with van der Waals surface area (Å²) in [6.45, 7) is 0. The summed E-state index contributed by atoms with van der Waals surface area (Å²) in [5, 5.41) is -2.79. The Morgan fingerprint density at radius 1 is 1.06 bits per heavy atom. The van der Waals surface area contributed by atoms with Gasteiger partial charge in [0.05, 0.1) is 15.9 Å². The van der Waals surface area contributed by atoms with E-state index in [1.54, 1.807) is 0 Å². The summed E-state index contributed by atoms with van der Waals surface area (Å²) in [4.78, 5) is 33.6. The molecule has 0 aliphatic carbocycles. The molecular formula is C2H9NaO10P2S. The normalized spacial score (nSPS) is 12.9. The molecule has 0 aliphatic heterocycles. The number of rotatable bonds is 4. The van der Waals surface area contributed by atoms with Gasteiger partial charge in [-0.3, -0.25) is 9.13 Å². The van der Waals surface area contributed by atoms with E-state index >= 15 is 0 Å². The van der Waals surface area contributed by atoms with Gasteiger partial charge in [0.25, 0.3) is 0 Å². The fourth-order valence-electron chi connectivity index (χ4n) is 0.573. The van der Waals surface area contributed by atoms with Gasteiger partial charge in [0.2, 0.25) is 0 Å². The van der Waals surface area contributed by atoms with Gasteiger partial charge in [-0.25, -0.2) is 8.42 Å². The molecule has 0 aliphatic rings. The van der Waals surface area contributed by atoms with Crippen LogP contribution >= 0.6 is 15.2 Å². The molecule has 0 heterocycles. The summed E-state index contributed by atoms with van der Waals surface area (Å²) < 4.78 is 51.2. The maximum atomic E-state index is 10.5. The fraction of sp³-hybridized carbons (Fsp3) is 1.00. The zero-order valence-corrected chi connectivity index (χ0v) is 12.5. The van der Waals surface area contributed by atoms with E-state index in [9.17, 15) is 22.1 Å². The van der Waals surface area contributed by atoms with Gasteiger partial charge in [-0.1, -0.05) is 0 Å². The zero-order chi connectivity index (χ0) is 11.8. The Morgan fingerprint density at radius 3 is 1.38 bits per heavy atom. The summed E-state index contributed by atoms with van der Waals surface area (Å²) in [6.07, 6.45) is 0. The third-order valence-electron chi connectivity index (χ3n) is 1.13. The van der Waals surface area contributed by atoms with E-state index in [1.165, 1.54) is 0 Å². The van der Waals surface area contributed by atoms with Crippen LogP contribution in [0.1, 0.15) is 0 Å². The molecule has 10 nitrogen and oxygen atoms in total. The van der Waals surface area contributed by atoms with Crippen LogP contribution in [-0.4, -0.2) is 49.2 Å². The Bertz CT molecular complexity index is 367. The molecule has 0 amide bonds. The second-order valence-corrected chi connectivity index (χ2v) is 7.84. The Morgan fingerprint density at radius 2 is 1.31 bits per heavy atom. The van der Waals surface area contributed by atoms with Gasteiger partial charge in [-0.15, -0.1) is 0 Å². The van der Waals surface area contributed by atoms with Crippen LogP contribution in [0.3, 0.4) is 0 Å². The van der Waals surface area contributed by atoms with E-state index in [2.05, 4.69) is 0 Å². The monoisotopic (exact) mass is 310 g/mol. The molecule has 0 aromatic carbocycles. The van der Waals surface area contributed by atoms with Crippen molar-refractivity contribution in [2.75, 3.05) is 5.75 Å². The maximum absolute atomic E-state index is 10.5. The third-order valence-corrected chi connectivity index (χ3v) is 6.09. The van der Waals surface area contributed by atoms with Crippen LogP contribution in [0, 0.1) is 0 Å². The van der Waals surface area contributed by atoms with Crippen LogP contribution < -0.4 is 29.6 Å². The first-order valence-corrected chi connectivity index (χ1v) is 7.82. The second kappa shape index (κ2) is 6.93. The van der Waals surface area contributed by atoms with Crippen LogP contribution in [-0.2, 0) is 19.2 Å². The Balaban J connectivity index is -0.000000845. The molecule has 0 bridgehead atoms. The van der Waals surface area contributed by atoms with E-state index in [4.69, 9.17) is 19.6 Å². The van der Waals surface area contributed by atoms with Crippen molar-refractivity contribution >= 4 is 25.3 Å². The Labute approximate surface area is 113 Å². The molecular weight excluding hydrogens is 301 g/mol. The van der Waals surface area contributed by atoms with E-state index in [0.717, 1.165) is 0 Å². The minimum absolute atomic E-state index is 0. The molecule has 0 saturated heterocycles. The minimum Gasteiger partial charge on any atom is -0.748 e. The predicted molar refractivity (Wildman–Crippen MR) is 46.1 cm³/mol. The molecule has 0 spiro atoms. The summed E-state index contributed by atoms with van der Waals surface area (Å²) in [5.74, 6) is -1.80. The van der Waals surface area contributed by atoms with Gasteiger partial charge in [0.15, 0.2) is 5.40 Å². The van der Waals surface area contributed by atoms with E-state index in [0.29, 0.717) is 0 Å². The summed E-state index contributed by atoms with van der Waals surface area (Å²) in [5.41, 5.74) is 0. The molecule has 0 rings (SSSR count). The Kier molecular flexibility index (Phi) is 9.69. The maximum Gasteiger partial charge on any atom is 1.00 e. The van der Waals surface area contributed by atoms with Gasteiger partial charge < -0.3 is 29.6 Å². The van der Waals surface area contributed by atoms with Crippen molar-refractivity contribution in [1.29, 1.82) is 0 Å². The molecule has 0 aromatic rings. The first-order valence-electron chi connectivity index (χ1n) is 2.88. The first-order chi connectivity index (χ1) is 5.84. The summed E-state index contributed by atoms with van der Waals surface area (Å²) in [6, 6.07) is 0. The third kappa shape index (κ3) is 9.23. The van der Waals surface area contributed by atoms with Gasteiger partial charge in [0, 0.05) is 0 Å². The molecule has 16 heavy (non-hydrogen) atoms. The molecule has 0 fully saturated rings. The Hall–Kier alpha value is 1.17. The summed E-state index contributed by atoms with van der Waals surface area (Å²) in [7, 11) is -15.8. The SMILES string of the molecule is O.O=P(O)(O)C(CS(=O)(=O)[O-])P(=O)(O)O.[Na+]. The van der Waals surface area contributed by atoms with Crippen molar-refractivity contribution in [3.63, 3.8) is 0 Å². The number of hydrogen-bond donors (Lipinski definition) is 4. The van der Waals surface area contributed by atoms with Crippen molar-refractivity contribution in [1.82, 2.24) is 0 Å². The van der Waals surface area contributed by atoms with Crippen molar-refractivity contribution in [2.45, 2.75) is 5.40 Å². The molecule has 94 valence electrons. The van der Waals surface area contributed by atoms with Crippen molar-refractivity contribution in [2.24, 2.45) is 0 Å². The van der Waals surface area contributed by atoms with Gasteiger partial charge in [0.1, 0.15) is 0 Å². The van der Waals surface area contributed by atoms with E-state index in [-0.39, 0.29) is 35.0 Å². The quantitative estimate of drug-likeness (QED) is 0.221. The van der Waals surface area contributed by atoms with E-state index < -0.39 is 36.5 Å². The smallest absolute Gasteiger partial charge is 0.748 e. The van der Waals surface area contributed by atoms with Gasteiger partial charge >= 0.3 is 44.7 Å². The van der Waals surface area contributed by atoms with Crippen LogP contribution in [0.15, 0.2) is 0 Å². The van der Waals surface area contributed by atoms with Crippen LogP contribution in [0.2, 0.25) is 0 Å². The average molecular weight is 310 g/mol. The fourth-order valence-corrected chi connectivity index (χ4v) is 5.15. The van der Waals surface area contributed by atoms with Gasteiger partial charge in [-0.2, -0.15) is 0 Å². The number of hydrogen-bond acceptors (Lipinski definition) is 5. The molecule has 0 aromatic heterocycles. The first kappa shape index (κ1) is 22.4. The molecule has 0 unspecified atom stereocenters. The largest absolute Gasteiger partial charge is 1.00 e. The van der Waals surface area contributed by atoms with E-state index in [1.807, 2.05) is 0 Å². The topological polar surface area (TPSA) is 204 Å². The van der Waals surface area contributed by atoms with Gasteiger partial charge in [-0.05, 0) is 0 Å². The molecule has 0 atom stereocenters. The predicted octanol–water partition coefficient (Wildman–Crippen LogP) is -5.61. The standard InChI is InChI=1S/C2H8O9P2S.Na.H2O/c3-12(4,5)2(13(6,7)8)1-14(9,10)11;;/h2H,1H2,(H2,3,4,5)(H2,6,7,8)(H,9,10,11);;1H2/q;+1;/p-1. The molecule has 0 radical (unpaired) electrons. The van der Waals surface area contributed by atoms with Crippen LogP contribution in [0.25, 0.3) is 0 Å². The molecule has 0 saturated carbocycles. The second-order valence-electron chi connectivity index (χ2n) is 2.38. The van der Waals surface area contributed by atoms with Crippen molar-refractivity contribution in [3.05, 3.63) is 0 Å². The average Bonchev–Trinajstić information content (AvgIpc) is 1.75. The zero-order valence-electron chi connectivity index (χ0n) is 7.92. The molecule has 6 N–H and O–H groups in total. The van der Waals surface area contributed by atoms with Crippen LogP contribution in [0.5, 0.6) is 0 Å². The minimum atomic E-state index is -5.34. The van der Waals surface area contributed by atoms with Crippen molar-refractivity contribution in [3.8, 4) is 0 Å². The molecule has 14 heteroatoms. The van der Waals surface area contributed by atoms with Crippen molar-refractivity contribution < 1.29 is 76.7 Å². The summed E-state index contributed by atoms with van der Waals surface area (Å²) >= 11 is 0.